The maximum atomic E-state index is 9.95. The average molecular weight is 222 g/mol. The predicted octanol–water partition coefficient (Wildman–Crippen LogP) is 2.52. The van der Waals surface area contributed by atoms with E-state index in [1.165, 1.54) is 0 Å². The molecule has 0 spiro atoms. The summed E-state index contributed by atoms with van der Waals surface area (Å²) in [6.45, 7) is 0. The Morgan fingerprint density at radius 3 is 0.857 bits per heavy atom. The summed E-state index contributed by atoms with van der Waals surface area (Å²) >= 11 is 0. The van der Waals surface area contributed by atoms with Crippen molar-refractivity contribution in [2.45, 2.75) is 0 Å². The first-order valence-corrected chi connectivity index (χ1v) is 11.0. The van der Waals surface area contributed by atoms with E-state index < -0.39 is 9.72 Å². The zero-order valence-corrected chi connectivity index (χ0v) is 7.41. The van der Waals surface area contributed by atoms with Crippen molar-refractivity contribution < 1.29 is 16.4 Å². The van der Waals surface area contributed by atoms with Crippen LogP contribution in [-0.4, -0.2) is 0 Å². The molecule has 0 saturated carbocycles. The van der Waals surface area contributed by atoms with Crippen molar-refractivity contribution >= 4 is 37.2 Å². The van der Waals surface area contributed by atoms with E-state index in [1.807, 2.05) is 0 Å². The van der Waals surface area contributed by atoms with Crippen LogP contribution in [0.15, 0.2) is 0 Å². The van der Waals surface area contributed by atoms with E-state index in [0.29, 0.717) is 0 Å². The Kier molecular flexibility index (Phi) is 1.40. The van der Waals surface area contributed by atoms with Crippen LogP contribution in [0.25, 0.3) is 0 Å². The summed E-state index contributed by atoms with van der Waals surface area (Å²) in [6.07, 6.45) is 0. The first-order chi connectivity index (χ1) is 2.45. The number of hydrogen-bond acceptors (Lipinski definition) is 2. The van der Waals surface area contributed by atoms with Gasteiger partial charge in [-0.1, -0.05) is 0 Å². The van der Waals surface area contributed by atoms with Gasteiger partial charge in [-0.3, -0.25) is 0 Å². The van der Waals surface area contributed by atoms with E-state index >= 15 is 0 Å². The van der Waals surface area contributed by atoms with Crippen LogP contribution in [0.1, 0.15) is 0 Å². The SMILES string of the molecule is [O]=[Ti](=[O])([Cl])([Cl])([Cl])[Cl]. The summed E-state index contributed by atoms with van der Waals surface area (Å²) in [5.74, 6) is 0. The zero-order valence-electron chi connectivity index (χ0n) is 2.83. The van der Waals surface area contributed by atoms with Crippen LogP contribution < -0.4 is 0 Å². The van der Waals surface area contributed by atoms with Crippen LogP contribution in [0.4, 0.5) is 0 Å². The first-order valence-electron chi connectivity index (χ1n) is 1.16. The van der Waals surface area contributed by atoms with Gasteiger partial charge in [0, 0.05) is 0 Å². The third-order valence-electron chi connectivity index (χ3n) is 0. The zero-order chi connectivity index (χ0) is 6.41. The Hall–Kier alpha value is 1.47. The van der Waals surface area contributed by atoms with Gasteiger partial charge in [0.2, 0.25) is 0 Å². The van der Waals surface area contributed by atoms with Gasteiger partial charge in [-0.05, 0) is 0 Å². The molecule has 0 aliphatic heterocycles. The van der Waals surface area contributed by atoms with Gasteiger partial charge in [0.05, 0.1) is 0 Å². The summed E-state index contributed by atoms with van der Waals surface area (Å²) in [4.78, 5) is 0. The van der Waals surface area contributed by atoms with E-state index in [4.69, 9.17) is 0 Å². The van der Waals surface area contributed by atoms with Crippen molar-refractivity contribution in [3.63, 3.8) is 0 Å². The molecular formula is Cl4O2Ti. The van der Waals surface area contributed by atoms with Crippen molar-refractivity contribution in [1.82, 2.24) is 0 Å². The van der Waals surface area contributed by atoms with Gasteiger partial charge < -0.3 is 0 Å². The fourth-order valence-electron chi connectivity index (χ4n) is 0. The summed E-state index contributed by atoms with van der Waals surface area (Å²) in [5, 5.41) is 0. The van der Waals surface area contributed by atoms with Crippen molar-refractivity contribution in [2.75, 3.05) is 0 Å². The minimum absolute atomic E-state index is 4.41. The van der Waals surface area contributed by atoms with E-state index in [2.05, 4.69) is 37.2 Å². The molecule has 0 radical (unpaired) electrons. The molecule has 0 atom stereocenters. The van der Waals surface area contributed by atoms with Gasteiger partial charge in [-0.25, -0.2) is 0 Å². The van der Waals surface area contributed by atoms with Gasteiger partial charge in [-0.15, -0.1) is 0 Å². The van der Waals surface area contributed by atoms with E-state index in [-0.39, 0.29) is 0 Å². The second kappa shape index (κ2) is 1.15. The molecule has 0 bridgehead atoms. The van der Waals surface area contributed by atoms with Crippen LogP contribution in [-0.2, 0) is 16.4 Å². The van der Waals surface area contributed by atoms with Crippen molar-refractivity contribution in [2.24, 2.45) is 0 Å². The molecule has 0 fully saturated rings. The standard InChI is InChI=1S/4ClH.2O.Ti/h4*1H;;;/q;;;;;;+4/p-4. The fourth-order valence-corrected chi connectivity index (χ4v) is 0. The normalized spacial score (nSPS) is 17.7. The van der Waals surface area contributed by atoms with Crippen molar-refractivity contribution in [3.05, 3.63) is 0 Å². The number of halogens is 4. The summed E-state index contributed by atoms with van der Waals surface area (Å²) in [5.41, 5.74) is 0. The quantitative estimate of drug-likeness (QED) is 0.589. The van der Waals surface area contributed by atoms with Crippen LogP contribution in [0.3, 0.4) is 0 Å². The molecule has 0 aliphatic rings. The van der Waals surface area contributed by atoms with Gasteiger partial charge >= 0.3 is 53.6 Å². The van der Waals surface area contributed by atoms with Crippen LogP contribution in [0, 0.1) is 0 Å². The summed E-state index contributed by atoms with van der Waals surface area (Å²) in [7, 11) is 10.9. The molecule has 0 heterocycles. The predicted molar refractivity (Wildman–Crippen MR) is 24.8 cm³/mol. The van der Waals surface area contributed by atoms with Gasteiger partial charge in [0.1, 0.15) is 0 Å². The molecule has 0 aromatic heterocycles. The molecule has 0 saturated heterocycles. The van der Waals surface area contributed by atoms with E-state index in [0.717, 1.165) is 0 Å². The minimum atomic E-state index is -6.78. The first kappa shape index (κ1) is 8.47. The molecule has 0 unspecified atom stereocenters. The average Bonchev–Trinajstić information content (AvgIpc) is 0.592. The van der Waals surface area contributed by atoms with E-state index in [9.17, 15) is 6.65 Å². The molecule has 0 N–H and O–H groups in total. The molecule has 0 rings (SSSR count). The van der Waals surface area contributed by atoms with Crippen molar-refractivity contribution in [1.29, 1.82) is 0 Å². The Morgan fingerprint density at radius 2 is 0.857 bits per heavy atom. The monoisotopic (exact) mass is 220 g/mol. The third-order valence-corrected chi connectivity index (χ3v) is 0. The Balaban J connectivity index is 5.35. The van der Waals surface area contributed by atoms with Gasteiger partial charge in [-0.2, -0.15) is 0 Å². The van der Waals surface area contributed by atoms with E-state index in [1.54, 1.807) is 0 Å². The topological polar surface area (TPSA) is 34.1 Å². The molecule has 0 aliphatic carbocycles. The van der Waals surface area contributed by atoms with Crippen LogP contribution in [0.2, 0.25) is 0 Å². The fraction of sp³-hybridized carbons (Fsp3) is 0. The molecule has 7 heteroatoms. The molecule has 0 amide bonds. The number of rotatable bonds is 0. The Labute approximate surface area is 53.2 Å². The van der Waals surface area contributed by atoms with Crippen molar-refractivity contribution in [3.8, 4) is 0 Å². The van der Waals surface area contributed by atoms with Crippen LogP contribution in [0.5, 0.6) is 0 Å². The summed E-state index contributed by atoms with van der Waals surface area (Å²) in [6, 6.07) is 0. The van der Waals surface area contributed by atoms with Gasteiger partial charge in [0.15, 0.2) is 0 Å². The summed E-state index contributed by atoms with van der Waals surface area (Å²) < 4.78 is 19.9. The second-order valence-corrected chi connectivity index (χ2v) is 23.9. The molecule has 2 nitrogen and oxygen atoms in total. The Bertz CT molecular complexity index is 189. The second-order valence-electron chi connectivity index (χ2n) is 1.13. The molecule has 44 valence electrons. The molecule has 7 heavy (non-hydrogen) atoms. The molecule has 0 aromatic rings. The van der Waals surface area contributed by atoms with Gasteiger partial charge in [0.25, 0.3) is 0 Å². The number of hydrogen-bond donors (Lipinski definition) is 0. The van der Waals surface area contributed by atoms with Crippen LogP contribution >= 0.6 is 37.2 Å². The maximum absolute atomic E-state index is 9.95. The molecule has 0 aromatic carbocycles. The molecular weight excluding hydrogens is 222 g/mol. The third kappa shape index (κ3) is 103. The Morgan fingerprint density at radius 1 is 0.857 bits per heavy atom.